The molecule has 0 aromatic heterocycles. The van der Waals surface area contributed by atoms with Crippen molar-refractivity contribution in [3.05, 3.63) is 101 Å². The average Bonchev–Trinajstić information content (AvgIpc) is 3.28. The summed E-state index contributed by atoms with van der Waals surface area (Å²) in [4.78, 5) is 7.99. The topological polar surface area (TPSA) is 54.3 Å². The van der Waals surface area contributed by atoms with Gasteiger partial charge < -0.3 is 14.7 Å². The van der Waals surface area contributed by atoms with Crippen LogP contribution < -0.4 is 4.74 Å². The van der Waals surface area contributed by atoms with Crippen molar-refractivity contribution in [3.63, 3.8) is 0 Å². The zero-order chi connectivity index (χ0) is 23.0. The summed E-state index contributed by atoms with van der Waals surface area (Å²) >= 11 is 6.20. The lowest BCUT2D eigenvalue weighted by molar-refractivity contribution is 0.0322. The Morgan fingerprint density at radius 2 is 1.82 bits per heavy atom. The van der Waals surface area contributed by atoms with Crippen LogP contribution in [0.5, 0.6) is 5.75 Å². The quantitative estimate of drug-likeness (QED) is 0.461. The Hall–Kier alpha value is -2.86. The van der Waals surface area contributed by atoms with Crippen LogP contribution in [0, 0.1) is 0 Å². The lowest BCUT2D eigenvalue weighted by atomic mass is 10.0. The number of hydrogen-bond donors (Lipinski definition) is 1. The molecule has 0 saturated heterocycles. The third kappa shape index (κ3) is 6.81. The van der Waals surface area contributed by atoms with Gasteiger partial charge in [-0.3, -0.25) is 4.90 Å². The molecule has 6 heteroatoms. The Morgan fingerprint density at radius 3 is 2.55 bits per heavy atom. The molecule has 1 N–H and O–H groups in total. The highest BCUT2D eigenvalue weighted by Crippen LogP contribution is 2.21. The third-order valence-corrected chi connectivity index (χ3v) is 5.93. The maximum absolute atomic E-state index is 10.8. The van der Waals surface area contributed by atoms with Crippen molar-refractivity contribution in [2.45, 2.75) is 31.6 Å². The van der Waals surface area contributed by atoms with Gasteiger partial charge in [-0.25, -0.2) is 0 Å². The first kappa shape index (κ1) is 23.3. The average molecular weight is 465 g/mol. The summed E-state index contributed by atoms with van der Waals surface area (Å²) in [6.45, 7) is 1.85. The first-order chi connectivity index (χ1) is 16.1. The number of nitrogens with zero attached hydrogens (tertiary/aromatic N) is 2. The molecule has 0 spiro atoms. The standard InChI is InChI=1S/C27H29ClN2O3/c1-32-25-12-10-22(11-13-25)27-16-26(33-29-27)19-30(17-21-8-5-9-23(28)14-21)18-24(31)15-20-6-3-2-4-7-20/h2-14,24,26,31H,15-19H2,1H3. The van der Waals surface area contributed by atoms with Crippen molar-refractivity contribution in [2.24, 2.45) is 5.16 Å². The first-order valence-corrected chi connectivity index (χ1v) is 11.5. The van der Waals surface area contributed by atoms with Crippen LogP contribution in [0.3, 0.4) is 0 Å². The summed E-state index contributed by atoms with van der Waals surface area (Å²) in [5.41, 5.74) is 4.18. The third-order valence-electron chi connectivity index (χ3n) is 5.70. The van der Waals surface area contributed by atoms with Gasteiger partial charge in [-0.15, -0.1) is 0 Å². The van der Waals surface area contributed by atoms with E-state index in [0.717, 1.165) is 28.2 Å². The molecule has 0 aliphatic carbocycles. The second kappa shape index (κ2) is 11.3. The Bertz CT molecular complexity index is 1060. The van der Waals surface area contributed by atoms with Crippen LogP contribution in [-0.2, 0) is 17.8 Å². The molecule has 172 valence electrons. The predicted molar refractivity (Wildman–Crippen MR) is 132 cm³/mol. The lowest BCUT2D eigenvalue weighted by Gasteiger charge is -2.27. The minimum Gasteiger partial charge on any atom is -0.497 e. The number of halogens is 1. The summed E-state index contributed by atoms with van der Waals surface area (Å²) in [6, 6.07) is 25.7. The van der Waals surface area contributed by atoms with E-state index < -0.39 is 6.10 Å². The first-order valence-electron chi connectivity index (χ1n) is 11.1. The molecule has 2 unspecified atom stereocenters. The summed E-state index contributed by atoms with van der Waals surface area (Å²) in [5, 5.41) is 15.8. The molecule has 3 aromatic carbocycles. The Labute approximate surface area is 200 Å². The Morgan fingerprint density at radius 1 is 1.06 bits per heavy atom. The van der Waals surface area contributed by atoms with Crippen LogP contribution >= 0.6 is 11.6 Å². The van der Waals surface area contributed by atoms with Gasteiger partial charge in [0.25, 0.3) is 0 Å². The number of hydrogen-bond acceptors (Lipinski definition) is 5. The lowest BCUT2D eigenvalue weighted by Crippen LogP contribution is -2.38. The smallest absolute Gasteiger partial charge is 0.145 e. The van der Waals surface area contributed by atoms with Crippen molar-refractivity contribution < 1.29 is 14.7 Å². The van der Waals surface area contributed by atoms with Gasteiger partial charge in [-0.2, -0.15) is 0 Å². The van der Waals surface area contributed by atoms with Gasteiger partial charge in [-0.1, -0.05) is 59.2 Å². The highest BCUT2D eigenvalue weighted by molar-refractivity contribution is 6.30. The van der Waals surface area contributed by atoms with Gasteiger partial charge in [0.05, 0.1) is 18.9 Å². The van der Waals surface area contributed by atoms with Crippen LogP contribution in [0.25, 0.3) is 0 Å². The molecule has 0 radical (unpaired) electrons. The number of benzene rings is 3. The van der Waals surface area contributed by atoms with Crippen LogP contribution in [0.2, 0.25) is 5.02 Å². The molecule has 3 aromatic rings. The van der Waals surface area contributed by atoms with Crippen molar-refractivity contribution >= 4 is 17.3 Å². The molecule has 0 bridgehead atoms. The molecule has 33 heavy (non-hydrogen) atoms. The van der Waals surface area contributed by atoms with Crippen molar-refractivity contribution in [1.82, 2.24) is 4.90 Å². The molecule has 0 amide bonds. The van der Waals surface area contributed by atoms with E-state index in [4.69, 9.17) is 21.2 Å². The fourth-order valence-corrected chi connectivity index (χ4v) is 4.33. The zero-order valence-corrected chi connectivity index (χ0v) is 19.5. The summed E-state index contributed by atoms with van der Waals surface area (Å²) in [6.07, 6.45) is 0.749. The largest absolute Gasteiger partial charge is 0.497 e. The molecule has 1 aliphatic rings. The second-order valence-electron chi connectivity index (χ2n) is 8.37. The molecule has 1 heterocycles. The van der Waals surface area contributed by atoms with Gasteiger partial charge in [0, 0.05) is 31.1 Å². The number of oxime groups is 1. The minimum absolute atomic E-state index is 0.0785. The number of methoxy groups -OCH3 is 1. The summed E-state index contributed by atoms with van der Waals surface area (Å²) < 4.78 is 5.24. The summed E-state index contributed by atoms with van der Waals surface area (Å²) in [5.74, 6) is 0.815. The maximum atomic E-state index is 10.8. The molecular formula is C27H29ClN2O3. The molecule has 5 nitrogen and oxygen atoms in total. The van der Waals surface area contributed by atoms with Crippen molar-refractivity contribution in [1.29, 1.82) is 0 Å². The highest BCUT2D eigenvalue weighted by atomic mass is 35.5. The highest BCUT2D eigenvalue weighted by Gasteiger charge is 2.26. The number of rotatable bonds is 10. The molecule has 1 aliphatic heterocycles. The van der Waals surface area contributed by atoms with Gasteiger partial charge in [0.2, 0.25) is 0 Å². The van der Waals surface area contributed by atoms with Crippen LogP contribution in [-0.4, -0.2) is 48.1 Å². The van der Waals surface area contributed by atoms with E-state index in [0.29, 0.717) is 37.5 Å². The Balaban J connectivity index is 1.40. The van der Waals surface area contributed by atoms with Crippen LogP contribution in [0.4, 0.5) is 0 Å². The monoisotopic (exact) mass is 464 g/mol. The van der Waals surface area contributed by atoms with Gasteiger partial charge in [0.1, 0.15) is 11.9 Å². The number of aliphatic hydroxyl groups is 1. The van der Waals surface area contributed by atoms with Gasteiger partial charge in [0.15, 0.2) is 0 Å². The van der Waals surface area contributed by atoms with Crippen LogP contribution in [0.1, 0.15) is 23.1 Å². The molecule has 0 fully saturated rings. The molecule has 0 saturated carbocycles. The number of ether oxygens (including phenoxy) is 1. The zero-order valence-electron chi connectivity index (χ0n) is 18.7. The molecular weight excluding hydrogens is 436 g/mol. The second-order valence-corrected chi connectivity index (χ2v) is 8.80. The number of aliphatic hydroxyl groups excluding tert-OH is 1. The van der Waals surface area contributed by atoms with E-state index in [1.54, 1.807) is 7.11 Å². The molecule has 4 rings (SSSR count). The maximum Gasteiger partial charge on any atom is 0.145 e. The normalized spacial score (nSPS) is 16.4. The van der Waals surface area contributed by atoms with Crippen LogP contribution in [0.15, 0.2) is 84.0 Å². The van der Waals surface area contributed by atoms with E-state index in [2.05, 4.69) is 16.1 Å². The van der Waals surface area contributed by atoms with E-state index in [-0.39, 0.29) is 6.10 Å². The van der Waals surface area contributed by atoms with E-state index in [1.807, 2.05) is 72.8 Å². The predicted octanol–water partition coefficient (Wildman–Crippen LogP) is 4.95. The van der Waals surface area contributed by atoms with E-state index in [9.17, 15) is 5.11 Å². The SMILES string of the molecule is COc1ccc(C2=NOC(CN(Cc3cccc(Cl)c3)CC(O)Cc3ccccc3)C2)cc1. The van der Waals surface area contributed by atoms with Gasteiger partial charge >= 0.3 is 0 Å². The fourth-order valence-electron chi connectivity index (χ4n) is 4.11. The van der Waals surface area contributed by atoms with Crippen molar-refractivity contribution in [2.75, 3.05) is 20.2 Å². The minimum atomic E-state index is -0.491. The van der Waals surface area contributed by atoms with E-state index >= 15 is 0 Å². The summed E-state index contributed by atoms with van der Waals surface area (Å²) in [7, 11) is 1.65. The van der Waals surface area contributed by atoms with Gasteiger partial charge in [-0.05, 0) is 59.5 Å². The Kier molecular flexibility index (Phi) is 8.00. The van der Waals surface area contributed by atoms with E-state index in [1.165, 1.54) is 0 Å². The fraction of sp³-hybridized carbons (Fsp3) is 0.296. The van der Waals surface area contributed by atoms with Crippen molar-refractivity contribution in [3.8, 4) is 5.75 Å². The molecule has 2 atom stereocenters.